The maximum Gasteiger partial charge on any atom is 0.407 e. The van der Waals surface area contributed by atoms with Crippen molar-refractivity contribution < 1.29 is 24.2 Å². The second-order valence-corrected chi connectivity index (χ2v) is 7.48. The maximum absolute atomic E-state index is 12.1. The second kappa shape index (κ2) is 10.2. The number of hydrogen-bond donors (Lipinski definition) is 2. The van der Waals surface area contributed by atoms with Crippen molar-refractivity contribution in [2.45, 2.75) is 71.8 Å². The van der Waals surface area contributed by atoms with E-state index in [4.69, 9.17) is 9.47 Å². The Bertz CT molecular complexity index is 567. The molecule has 3 atom stereocenters. The Morgan fingerprint density at radius 1 is 1.19 bits per heavy atom. The topological polar surface area (TPSA) is 84.9 Å². The number of amides is 1. The molecule has 2 N–H and O–H groups in total. The molecule has 0 heterocycles. The van der Waals surface area contributed by atoms with Crippen LogP contribution in [0.2, 0.25) is 0 Å². The molecule has 0 radical (unpaired) electrons. The van der Waals surface area contributed by atoms with Crippen molar-refractivity contribution in [1.29, 1.82) is 0 Å². The quantitative estimate of drug-likeness (QED) is 0.690. The van der Waals surface area contributed by atoms with E-state index in [1.807, 2.05) is 44.2 Å². The average molecular weight is 365 g/mol. The predicted molar refractivity (Wildman–Crippen MR) is 99.5 cm³/mol. The fourth-order valence-corrected chi connectivity index (χ4v) is 2.45. The van der Waals surface area contributed by atoms with Gasteiger partial charge in [0, 0.05) is 0 Å². The molecular weight excluding hydrogens is 334 g/mol. The summed E-state index contributed by atoms with van der Waals surface area (Å²) in [6.45, 7) is 9.30. The number of aliphatic hydroxyl groups is 1. The monoisotopic (exact) mass is 365 g/mol. The van der Waals surface area contributed by atoms with Gasteiger partial charge in [0.15, 0.2) is 0 Å². The Hall–Kier alpha value is -2.08. The van der Waals surface area contributed by atoms with Gasteiger partial charge >= 0.3 is 12.1 Å². The van der Waals surface area contributed by atoms with Crippen molar-refractivity contribution in [2.75, 3.05) is 0 Å². The van der Waals surface area contributed by atoms with Crippen LogP contribution in [-0.2, 0) is 20.9 Å². The third-order valence-electron chi connectivity index (χ3n) is 3.96. The maximum atomic E-state index is 12.1. The van der Waals surface area contributed by atoms with Crippen LogP contribution in [0.25, 0.3) is 0 Å². The highest BCUT2D eigenvalue weighted by molar-refractivity contribution is 5.71. The molecule has 0 aliphatic rings. The standard InChI is InChI=1S/C20H31NO5/c1-6-14(2)18(16(22)12-17(23)26-20(3,4)5)21-19(24)25-13-15-10-8-7-9-11-15/h7-11,14,16,18,22H,6,12-13H2,1-5H3,(H,21,24)/t14-,16-,18+/m0/s1. The van der Waals surface area contributed by atoms with Gasteiger partial charge in [0.05, 0.1) is 18.6 Å². The molecular formula is C20H31NO5. The van der Waals surface area contributed by atoms with E-state index in [0.717, 1.165) is 12.0 Å². The normalized spacial score (nSPS) is 14.8. The fraction of sp³-hybridized carbons (Fsp3) is 0.600. The molecule has 146 valence electrons. The molecule has 1 amide bonds. The molecule has 1 aromatic rings. The first kappa shape index (κ1) is 22.0. The number of aliphatic hydroxyl groups excluding tert-OH is 1. The van der Waals surface area contributed by atoms with E-state index >= 15 is 0 Å². The van der Waals surface area contributed by atoms with Gasteiger partial charge in [0.2, 0.25) is 0 Å². The first-order valence-corrected chi connectivity index (χ1v) is 8.99. The highest BCUT2D eigenvalue weighted by Gasteiger charge is 2.30. The van der Waals surface area contributed by atoms with Crippen molar-refractivity contribution in [3.63, 3.8) is 0 Å². The zero-order valence-corrected chi connectivity index (χ0v) is 16.3. The van der Waals surface area contributed by atoms with Crippen molar-refractivity contribution in [1.82, 2.24) is 5.32 Å². The first-order valence-electron chi connectivity index (χ1n) is 8.99. The molecule has 0 unspecified atom stereocenters. The summed E-state index contributed by atoms with van der Waals surface area (Å²) in [5.41, 5.74) is 0.252. The SMILES string of the molecule is CC[C@H](C)[C@@H](NC(=O)OCc1ccccc1)[C@@H](O)CC(=O)OC(C)(C)C. The molecule has 0 aliphatic carbocycles. The van der Waals surface area contributed by atoms with Gasteiger partial charge in [-0.2, -0.15) is 0 Å². The minimum Gasteiger partial charge on any atom is -0.460 e. The number of benzene rings is 1. The van der Waals surface area contributed by atoms with Gasteiger partial charge in [-0.25, -0.2) is 4.79 Å². The fourth-order valence-electron chi connectivity index (χ4n) is 2.45. The van der Waals surface area contributed by atoms with Crippen molar-refractivity contribution in [2.24, 2.45) is 5.92 Å². The van der Waals surface area contributed by atoms with Gasteiger partial charge in [0.25, 0.3) is 0 Å². The lowest BCUT2D eigenvalue weighted by atomic mass is 9.93. The number of esters is 1. The number of hydrogen-bond acceptors (Lipinski definition) is 5. The molecule has 0 aliphatic heterocycles. The first-order chi connectivity index (χ1) is 12.1. The van der Waals surface area contributed by atoms with Crippen molar-refractivity contribution in [3.8, 4) is 0 Å². The molecule has 0 bridgehead atoms. The van der Waals surface area contributed by atoms with E-state index in [9.17, 15) is 14.7 Å². The van der Waals surface area contributed by atoms with Crippen LogP contribution in [-0.4, -0.2) is 34.9 Å². The molecule has 26 heavy (non-hydrogen) atoms. The van der Waals surface area contributed by atoms with E-state index in [0.29, 0.717) is 0 Å². The Labute approximate surface area is 155 Å². The molecule has 0 spiro atoms. The van der Waals surface area contributed by atoms with Gasteiger partial charge in [-0.15, -0.1) is 0 Å². The molecule has 1 aromatic carbocycles. The average Bonchev–Trinajstić information content (AvgIpc) is 2.56. The van der Waals surface area contributed by atoms with Gasteiger partial charge in [-0.1, -0.05) is 50.6 Å². The van der Waals surface area contributed by atoms with Crippen LogP contribution in [0.4, 0.5) is 4.79 Å². The number of alkyl carbamates (subject to hydrolysis) is 1. The summed E-state index contributed by atoms with van der Waals surface area (Å²) in [5, 5.41) is 13.1. The summed E-state index contributed by atoms with van der Waals surface area (Å²) in [7, 11) is 0. The zero-order chi connectivity index (χ0) is 19.7. The van der Waals surface area contributed by atoms with E-state index in [1.54, 1.807) is 20.8 Å². The molecule has 0 saturated carbocycles. The summed E-state index contributed by atoms with van der Waals surface area (Å²) in [6.07, 6.45) is -1.13. The third kappa shape index (κ3) is 8.34. The van der Waals surface area contributed by atoms with Crippen LogP contribution < -0.4 is 5.32 Å². The molecule has 0 fully saturated rings. The van der Waals surface area contributed by atoms with Crippen LogP contribution in [0.3, 0.4) is 0 Å². The van der Waals surface area contributed by atoms with Crippen LogP contribution in [0.1, 0.15) is 53.0 Å². The molecule has 1 rings (SSSR count). The Kier molecular flexibility index (Phi) is 8.58. The smallest absolute Gasteiger partial charge is 0.407 e. The summed E-state index contributed by atoms with van der Waals surface area (Å²) >= 11 is 0. The largest absolute Gasteiger partial charge is 0.460 e. The van der Waals surface area contributed by atoms with Gasteiger partial charge in [0.1, 0.15) is 12.2 Å². The highest BCUT2D eigenvalue weighted by atomic mass is 16.6. The molecule has 6 heteroatoms. The van der Waals surface area contributed by atoms with Crippen LogP contribution in [0.15, 0.2) is 30.3 Å². The lowest BCUT2D eigenvalue weighted by Crippen LogP contribution is -2.48. The predicted octanol–water partition coefficient (Wildman–Crippen LogP) is 3.42. The Balaban J connectivity index is 2.62. The molecule has 0 saturated heterocycles. The number of ether oxygens (including phenoxy) is 2. The summed E-state index contributed by atoms with van der Waals surface area (Å²) in [4.78, 5) is 24.1. The van der Waals surface area contributed by atoms with Gasteiger partial charge in [-0.3, -0.25) is 4.79 Å². The number of carbonyl (C=O) groups is 2. The van der Waals surface area contributed by atoms with E-state index in [2.05, 4.69) is 5.32 Å². The summed E-state index contributed by atoms with van der Waals surface area (Å²) in [5.74, 6) is -0.533. The number of nitrogens with one attached hydrogen (secondary N) is 1. The van der Waals surface area contributed by atoms with E-state index in [1.165, 1.54) is 0 Å². The number of carbonyl (C=O) groups excluding carboxylic acids is 2. The molecule has 0 aromatic heterocycles. The minimum absolute atomic E-state index is 0.0308. The Morgan fingerprint density at radius 3 is 2.35 bits per heavy atom. The van der Waals surface area contributed by atoms with Gasteiger partial charge < -0.3 is 19.9 Å². The zero-order valence-electron chi connectivity index (χ0n) is 16.3. The minimum atomic E-state index is -1.05. The van der Waals surface area contributed by atoms with E-state index in [-0.39, 0.29) is 18.9 Å². The van der Waals surface area contributed by atoms with Crippen LogP contribution in [0.5, 0.6) is 0 Å². The lowest BCUT2D eigenvalue weighted by molar-refractivity contribution is -0.157. The van der Waals surface area contributed by atoms with Crippen molar-refractivity contribution >= 4 is 12.1 Å². The molecule has 6 nitrogen and oxygen atoms in total. The Morgan fingerprint density at radius 2 is 1.81 bits per heavy atom. The summed E-state index contributed by atoms with van der Waals surface area (Å²) in [6, 6.07) is 8.73. The second-order valence-electron chi connectivity index (χ2n) is 7.48. The van der Waals surface area contributed by atoms with Crippen LogP contribution >= 0.6 is 0 Å². The van der Waals surface area contributed by atoms with E-state index < -0.39 is 29.8 Å². The number of rotatable bonds is 8. The van der Waals surface area contributed by atoms with Gasteiger partial charge in [-0.05, 0) is 32.3 Å². The van der Waals surface area contributed by atoms with Crippen molar-refractivity contribution in [3.05, 3.63) is 35.9 Å². The van der Waals surface area contributed by atoms with Crippen LogP contribution in [0, 0.1) is 5.92 Å². The highest BCUT2D eigenvalue weighted by Crippen LogP contribution is 2.17. The third-order valence-corrected chi connectivity index (χ3v) is 3.96. The lowest BCUT2D eigenvalue weighted by Gasteiger charge is -2.29. The summed E-state index contributed by atoms with van der Waals surface area (Å²) < 4.78 is 10.5.